The molecule has 0 unspecified atom stereocenters. The molecule has 0 amide bonds. The Morgan fingerprint density at radius 3 is 2.21 bits per heavy atom. The van der Waals surface area contributed by atoms with Crippen LogP contribution in [0.3, 0.4) is 0 Å². The Morgan fingerprint density at radius 1 is 0.881 bits per heavy atom. The lowest BCUT2D eigenvalue weighted by Crippen LogP contribution is -2.28. The molecule has 1 aliphatic carbocycles. The number of aliphatic hydroxyl groups is 4. The van der Waals surface area contributed by atoms with Gasteiger partial charge in [0.05, 0.1) is 31.3 Å². The lowest BCUT2D eigenvalue weighted by Gasteiger charge is -2.19. The van der Waals surface area contributed by atoms with Crippen molar-refractivity contribution in [1.29, 1.82) is 0 Å². The zero-order chi connectivity index (χ0) is 31.2. The van der Waals surface area contributed by atoms with Crippen LogP contribution in [0.15, 0.2) is 24.3 Å². The first-order valence-electron chi connectivity index (χ1n) is 16.5. The van der Waals surface area contributed by atoms with Crippen molar-refractivity contribution in [2.24, 2.45) is 17.8 Å². The number of carbonyl (C=O) groups excluding carboxylic acids is 2. The van der Waals surface area contributed by atoms with Crippen LogP contribution in [0, 0.1) is 17.8 Å². The number of rotatable bonds is 24. The van der Waals surface area contributed by atoms with E-state index in [0.29, 0.717) is 12.8 Å². The number of aliphatic hydroxyl groups excluding tert-OH is 4. The van der Waals surface area contributed by atoms with Crippen LogP contribution in [0.25, 0.3) is 0 Å². The van der Waals surface area contributed by atoms with E-state index in [-0.39, 0.29) is 37.7 Å². The van der Waals surface area contributed by atoms with E-state index >= 15 is 0 Å². The number of hydrogen-bond acceptors (Lipinski definition) is 8. The van der Waals surface area contributed by atoms with Gasteiger partial charge in [-0.15, -0.1) is 0 Å². The minimum absolute atomic E-state index is 0.00554. The van der Waals surface area contributed by atoms with Crippen LogP contribution in [0.1, 0.15) is 124 Å². The summed E-state index contributed by atoms with van der Waals surface area (Å²) in [5.41, 5.74) is 0. The molecule has 1 rings (SSSR count). The molecule has 0 saturated heterocycles. The van der Waals surface area contributed by atoms with Gasteiger partial charge in [-0.05, 0) is 31.1 Å². The van der Waals surface area contributed by atoms with Crippen molar-refractivity contribution in [3.8, 4) is 0 Å². The maximum absolute atomic E-state index is 12.2. The fraction of sp³-hybridized carbons (Fsp3) is 0.824. The Hall–Kier alpha value is -1.74. The molecule has 0 aromatic carbocycles. The molecule has 8 heteroatoms. The summed E-state index contributed by atoms with van der Waals surface area (Å²) in [7, 11) is 0. The lowest BCUT2D eigenvalue weighted by molar-refractivity contribution is -0.161. The van der Waals surface area contributed by atoms with Crippen LogP contribution in [0.2, 0.25) is 0 Å². The van der Waals surface area contributed by atoms with E-state index in [4.69, 9.17) is 9.47 Å². The smallest absolute Gasteiger partial charge is 0.309 e. The zero-order valence-corrected chi connectivity index (χ0v) is 26.5. The highest BCUT2D eigenvalue weighted by Gasteiger charge is 2.39. The Kier molecular flexibility index (Phi) is 21.6. The molecule has 0 bridgehead atoms. The quantitative estimate of drug-likeness (QED) is 0.0625. The number of carbonyl (C=O) groups is 2. The van der Waals surface area contributed by atoms with Crippen molar-refractivity contribution < 1.29 is 39.5 Å². The van der Waals surface area contributed by atoms with Crippen molar-refractivity contribution in [1.82, 2.24) is 0 Å². The molecule has 0 aromatic rings. The van der Waals surface area contributed by atoms with Gasteiger partial charge in [0.2, 0.25) is 0 Å². The van der Waals surface area contributed by atoms with Gasteiger partial charge in [-0.25, -0.2) is 0 Å². The van der Waals surface area contributed by atoms with E-state index in [0.717, 1.165) is 44.4 Å². The summed E-state index contributed by atoms with van der Waals surface area (Å²) in [6.07, 6.45) is 18.1. The fourth-order valence-electron chi connectivity index (χ4n) is 5.42. The summed E-state index contributed by atoms with van der Waals surface area (Å²) in [6.45, 7) is 5.99. The molecule has 0 heterocycles. The second-order valence-corrected chi connectivity index (χ2v) is 12.4. The SMILES string of the molecule is CCCCC[C@@H](O)/C=C/[C@@H]1[C@H](C/C=C\CC(=O)OC[C@H](CO)OC(=O)CCCCCCCCCC(C)C)[C@@H](O)C[C@H]1O. The van der Waals surface area contributed by atoms with E-state index in [1.165, 1.54) is 32.1 Å². The number of esters is 2. The van der Waals surface area contributed by atoms with Gasteiger partial charge in [-0.3, -0.25) is 9.59 Å². The first kappa shape index (κ1) is 38.3. The maximum atomic E-state index is 12.2. The number of hydrogen-bond donors (Lipinski definition) is 4. The molecule has 1 saturated carbocycles. The topological polar surface area (TPSA) is 134 Å². The van der Waals surface area contributed by atoms with Gasteiger partial charge in [-0.1, -0.05) is 109 Å². The molecule has 1 aliphatic rings. The molecule has 1 fully saturated rings. The molecule has 0 spiro atoms. The monoisotopic (exact) mass is 596 g/mol. The van der Waals surface area contributed by atoms with Crippen molar-refractivity contribution in [2.45, 2.75) is 148 Å². The normalized spacial score (nSPS) is 22.3. The van der Waals surface area contributed by atoms with Crippen LogP contribution < -0.4 is 0 Å². The second kappa shape index (κ2) is 23.7. The van der Waals surface area contributed by atoms with Gasteiger partial charge in [-0.2, -0.15) is 0 Å². The van der Waals surface area contributed by atoms with Gasteiger partial charge < -0.3 is 29.9 Å². The average molecular weight is 597 g/mol. The van der Waals surface area contributed by atoms with Crippen LogP contribution in [-0.2, 0) is 19.1 Å². The molecule has 0 aliphatic heterocycles. The van der Waals surface area contributed by atoms with E-state index < -0.39 is 43.0 Å². The largest absolute Gasteiger partial charge is 0.461 e. The Labute approximate surface area is 254 Å². The highest BCUT2D eigenvalue weighted by Crippen LogP contribution is 2.36. The third-order valence-corrected chi connectivity index (χ3v) is 8.03. The van der Waals surface area contributed by atoms with Crippen molar-refractivity contribution in [3.05, 3.63) is 24.3 Å². The second-order valence-electron chi connectivity index (χ2n) is 12.4. The van der Waals surface area contributed by atoms with Crippen molar-refractivity contribution in [2.75, 3.05) is 13.2 Å². The van der Waals surface area contributed by atoms with Crippen molar-refractivity contribution in [3.63, 3.8) is 0 Å². The molecule has 244 valence electrons. The fourth-order valence-corrected chi connectivity index (χ4v) is 5.42. The van der Waals surface area contributed by atoms with Crippen LogP contribution in [0.4, 0.5) is 0 Å². The van der Waals surface area contributed by atoms with E-state index in [1.54, 1.807) is 18.2 Å². The van der Waals surface area contributed by atoms with Crippen LogP contribution in [-0.4, -0.2) is 70.0 Å². The minimum Gasteiger partial charge on any atom is -0.461 e. The number of unbranched alkanes of at least 4 members (excludes halogenated alkanes) is 8. The molecular formula is C34H60O8. The molecular weight excluding hydrogens is 536 g/mol. The first-order chi connectivity index (χ1) is 20.2. The highest BCUT2D eigenvalue weighted by molar-refractivity contribution is 5.71. The van der Waals surface area contributed by atoms with Gasteiger partial charge in [0, 0.05) is 18.8 Å². The summed E-state index contributed by atoms with van der Waals surface area (Å²) >= 11 is 0. The standard InChI is InChI=1S/C34H60O8/c1-4-5-11-17-27(36)21-22-30-29(31(37)23-32(30)38)18-14-15-19-33(39)41-25-28(24-35)42-34(40)20-13-10-8-6-7-9-12-16-26(2)3/h14-15,21-22,26-32,35-38H,4-13,16-20,23-25H2,1-3H3/b15-14-,22-21+/t27-,28+,29+,30-,31+,32-/m1/s1. The summed E-state index contributed by atoms with van der Waals surface area (Å²) < 4.78 is 10.4. The minimum atomic E-state index is -0.883. The Balaban J connectivity index is 2.27. The van der Waals surface area contributed by atoms with Crippen LogP contribution in [0.5, 0.6) is 0 Å². The lowest BCUT2D eigenvalue weighted by atomic mass is 9.89. The highest BCUT2D eigenvalue weighted by atomic mass is 16.6. The molecule has 6 atom stereocenters. The molecule has 0 radical (unpaired) electrons. The van der Waals surface area contributed by atoms with Gasteiger partial charge >= 0.3 is 11.9 Å². The van der Waals surface area contributed by atoms with E-state index in [9.17, 15) is 30.0 Å². The zero-order valence-electron chi connectivity index (χ0n) is 26.5. The molecule has 42 heavy (non-hydrogen) atoms. The number of allylic oxidation sites excluding steroid dienone is 1. The summed E-state index contributed by atoms with van der Waals surface area (Å²) in [5, 5.41) is 40.5. The van der Waals surface area contributed by atoms with Gasteiger partial charge in [0.25, 0.3) is 0 Å². The first-order valence-corrected chi connectivity index (χ1v) is 16.5. The van der Waals surface area contributed by atoms with Gasteiger partial charge in [0.1, 0.15) is 6.61 Å². The summed E-state index contributed by atoms with van der Waals surface area (Å²) in [5.74, 6) is -0.610. The third kappa shape index (κ3) is 18.0. The number of ether oxygens (including phenoxy) is 2. The van der Waals surface area contributed by atoms with Crippen LogP contribution >= 0.6 is 0 Å². The van der Waals surface area contributed by atoms with E-state index in [2.05, 4.69) is 20.8 Å². The third-order valence-electron chi connectivity index (χ3n) is 8.03. The summed E-state index contributed by atoms with van der Waals surface area (Å²) in [6, 6.07) is 0. The molecule has 4 N–H and O–H groups in total. The van der Waals surface area contributed by atoms with E-state index in [1.807, 2.05) is 6.08 Å². The Bertz CT molecular complexity index is 765. The maximum Gasteiger partial charge on any atom is 0.309 e. The average Bonchev–Trinajstić information content (AvgIpc) is 3.22. The predicted octanol–water partition coefficient (Wildman–Crippen LogP) is 5.79. The van der Waals surface area contributed by atoms with Gasteiger partial charge in [0.15, 0.2) is 6.10 Å². The predicted molar refractivity (Wildman–Crippen MR) is 166 cm³/mol. The molecule has 8 nitrogen and oxygen atoms in total. The van der Waals surface area contributed by atoms with Crippen molar-refractivity contribution >= 4 is 11.9 Å². The summed E-state index contributed by atoms with van der Waals surface area (Å²) in [4.78, 5) is 24.3. The Morgan fingerprint density at radius 2 is 1.55 bits per heavy atom. The molecule has 0 aromatic heterocycles.